The summed E-state index contributed by atoms with van der Waals surface area (Å²) in [6, 6.07) is 9.82. The Labute approximate surface area is 189 Å². The standard InChI is InChI=1S/C19H12F3N3O3.Na.H2O/c1-28-14-6-3-11(10-4-7-15(19(20,21)22)25-16(10)14)17-23-12-5-2-9(18(26)27)8-13(12)24-17;;/h2-8H,1H3,(H,23,24)(H,26,27);;1H2/q;+1;/p-1. The molecule has 150 valence electrons. The van der Waals surface area contributed by atoms with Crippen LogP contribution >= 0.6 is 0 Å². The summed E-state index contributed by atoms with van der Waals surface area (Å²) in [6.07, 6.45) is -4.58. The number of rotatable bonds is 3. The van der Waals surface area contributed by atoms with E-state index < -0.39 is 17.8 Å². The van der Waals surface area contributed by atoms with Gasteiger partial charge in [0.05, 0.1) is 23.7 Å². The number of alkyl halides is 3. The van der Waals surface area contributed by atoms with Gasteiger partial charge in [-0.1, -0.05) is 0 Å². The van der Waals surface area contributed by atoms with Crippen LogP contribution in [0.5, 0.6) is 5.75 Å². The molecule has 30 heavy (non-hydrogen) atoms. The molecule has 0 aliphatic rings. The number of carbonyl (C=O) groups is 1. The van der Waals surface area contributed by atoms with Crippen LogP contribution in [0.15, 0.2) is 42.5 Å². The Balaban J connectivity index is 0.00000160. The maximum atomic E-state index is 13.0. The van der Waals surface area contributed by atoms with Crippen molar-refractivity contribution in [3.05, 3.63) is 53.7 Å². The van der Waals surface area contributed by atoms with Gasteiger partial charge in [-0.2, -0.15) is 13.2 Å². The molecule has 0 bridgehead atoms. The van der Waals surface area contributed by atoms with E-state index in [1.165, 1.54) is 31.4 Å². The summed E-state index contributed by atoms with van der Waals surface area (Å²) in [6.45, 7) is 0. The fourth-order valence-electron chi connectivity index (χ4n) is 2.99. The number of imidazole rings is 1. The molecule has 2 aromatic heterocycles. The number of pyridine rings is 1. The molecule has 0 fully saturated rings. The maximum Gasteiger partial charge on any atom is 1.00 e. The second-order valence-corrected chi connectivity index (χ2v) is 6.03. The Morgan fingerprint density at radius 2 is 1.83 bits per heavy atom. The molecule has 0 amide bonds. The van der Waals surface area contributed by atoms with Gasteiger partial charge in [-0.15, -0.1) is 0 Å². The number of aromatic amines is 1. The first-order valence-electron chi connectivity index (χ1n) is 8.06. The Bertz CT molecular complexity index is 1240. The van der Waals surface area contributed by atoms with E-state index in [2.05, 4.69) is 15.0 Å². The molecule has 0 unspecified atom stereocenters. The van der Waals surface area contributed by atoms with Crippen LogP contribution in [-0.2, 0) is 6.18 Å². The molecule has 0 saturated heterocycles. The zero-order valence-electron chi connectivity index (χ0n) is 15.8. The summed E-state index contributed by atoms with van der Waals surface area (Å²) in [5.41, 5.74) is 0.680. The fourth-order valence-corrected chi connectivity index (χ4v) is 2.99. The van der Waals surface area contributed by atoms with Crippen molar-refractivity contribution in [2.24, 2.45) is 0 Å². The molecule has 3 N–H and O–H groups in total. The summed E-state index contributed by atoms with van der Waals surface area (Å²) in [5, 5.41) is 9.53. The van der Waals surface area contributed by atoms with Gasteiger partial charge in [0, 0.05) is 10.9 Å². The molecule has 4 aromatic rings. The van der Waals surface area contributed by atoms with Crippen LogP contribution in [0.1, 0.15) is 16.1 Å². The number of fused-ring (bicyclic) bond motifs is 2. The summed E-state index contributed by atoms with van der Waals surface area (Å²) in [4.78, 5) is 22.3. The normalized spacial score (nSPS) is 11.1. The molecule has 0 radical (unpaired) electrons. The van der Waals surface area contributed by atoms with Gasteiger partial charge < -0.3 is 20.3 Å². The molecule has 0 atom stereocenters. The third kappa shape index (κ3) is 4.12. The average molecular weight is 427 g/mol. The van der Waals surface area contributed by atoms with Crippen molar-refractivity contribution in [2.45, 2.75) is 6.18 Å². The van der Waals surface area contributed by atoms with Crippen LogP contribution in [0.4, 0.5) is 13.2 Å². The van der Waals surface area contributed by atoms with Gasteiger partial charge in [0.1, 0.15) is 22.8 Å². The number of aromatic nitrogens is 3. The van der Waals surface area contributed by atoms with E-state index >= 15 is 0 Å². The minimum absolute atomic E-state index is 0. The molecule has 11 heteroatoms. The Morgan fingerprint density at radius 1 is 1.10 bits per heavy atom. The van der Waals surface area contributed by atoms with Crippen molar-refractivity contribution in [3.8, 4) is 17.1 Å². The first-order chi connectivity index (χ1) is 13.3. The Morgan fingerprint density at radius 3 is 2.47 bits per heavy atom. The summed E-state index contributed by atoms with van der Waals surface area (Å²) < 4.78 is 44.3. The number of nitrogens with zero attached hydrogens (tertiary/aromatic N) is 2. The van der Waals surface area contributed by atoms with Crippen molar-refractivity contribution in [1.29, 1.82) is 0 Å². The van der Waals surface area contributed by atoms with E-state index in [1.807, 2.05) is 0 Å². The molecule has 2 aromatic carbocycles. The number of carboxylic acid groups (broad SMARTS) is 1. The number of benzene rings is 2. The number of carboxylic acids is 1. The van der Waals surface area contributed by atoms with Gasteiger partial charge >= 0.3 is 41.7 Å². The third-order valence-electron chi connectivity index (χ3n) is 4.31. The monoisotopic (exact) mass is 427 g/mol. The van der Waals surface area contributed by atoms with Crippen LogP contribution in [0.25, 0.3) is 33.3 Å². The number of methoxy groups -OCH3 is 1. The molecule has 0 saturated carbocycles. The first kappa shape index (κ1) is 23.6. The second kappa shape index (κ2) is 8.60. The van der Waals surface area contributed by atoms with Crippen LogP contribution in [0.2, 0.25) is 0 Å². The van der Waals surface area contributed by atoms with Gasteiger partial charge in [0.2, 0.25) is 0 Å². The summed E-state index contributed by atoms with van der Waals surface area (Å²) in [5.74, 6) is -0.488. The smallest absolute Gasteiger partial charge is 0.870 e. The van der Waals surface area contributed by atoms with Gasteiger partial charge in [0.25, 0.3) is 0 Å². The zero-order chi connectivity index (χ0) is 20.1. The summed E-state index contributed by atoms with van der Waals surface area (Å²) in [7, 11) is 1.35. The van der Waals surface area contributed by atoms with Crippen molar-refractivity contribution < 1.29 is 62.8 Å². The van der Waals surface area contributed by atoms with E-state index in [4.69, 9.17) is 9.84 Å². The van der Waals surface area contributed by atoms with Gasteiger partial charge in [-0.3, -0.25) is 0 Å². The number of hydrogen-bond acceptors (Lipinski definition) is 5. The predicted octanol–water partition coefficient (Wildman–Crippen LogP) is 1.33. The van der Waals surface area contributed by atoms with E-state index in [9.17, 15) is 18.0 Å². The van der Waals surface area contributed by atoms with Crippen molar-refractivity contribution >= 4 is 27.9 Å². The van der Waals surface area contributed by atoms with Crippen molar-refractivity contribution in [2.75, 3.05) is 7.11 Å². The van der Waals surface area contributed by atoms with E-state index in [1.54, 1.807) is 12.1 Å². The minimum atomic E-state index is -4.58. The Hall–Kier alpha value is -2.66. The van der Waals surface area contributed by atoms with Crippen LogP contribution in [0.3, 0.4) is 0 Å². The summed E-state index contributed by atoms with van der Waals surface area (Å²) >= 11 is 0. The topological polar surface area (TPSA) is 118 Å². The maximum absolute atomic E-state index is 13.0. The van der Waals surface area contributed by atoms with Gasteiger partial charge in [-0.05, 0) is 42.5 Å². The van der Waals surface area contributed by atoms with Crippen molar-refractivity contribution in [1.82, 2.24) is 15.0 Å². The molecule has 4 rings (SSSR count). The van der Waals surface area contributed by atoms with E-state index in [0.29, 0.717) is 27.8 Å². The molecular formula is C19H13F3N3NaO4. The number of nitrogens with one attached hydrogen (secondary N) is 1. The average Bonchev–Trinajstić information content (AvgIpc) is 3.08. The largest absolute Gasteiger partial charge is 1.00 e. The number of halogens is 3. The Kier molecular flexibility index (Phi) is 6.77. The fraction of sp³-hybridized carbons (Fsp3) is 0.105. The number of ether oxygens (including phenoxy) is 1. The van der Waals surface area contributed by atoms with Gasteiger partial charge in [0.15, 0.2) is 0 Å². The van der Waals surface area contributed by atoms with E-state index in [0.717, 1.165) is 6.07 Å². The quantitative estimate of drug-likeness (QED) is 0.477. The molecule has 0 aliphatic carbocycles. The SMILES string of the molecule is COc1ccc(-c2nc3ccc(C(=O)O)cc3[nH]2)c2ccc(C(F)(F)F)nc12.[Na+].[OH-]. The number of hydrogen-bond donors (Lipinski definition) is 2. The van der Waals surface area contributed by atoms with Crippen molar-refractivity contribution in [3.63, 3.8) is 0 Å². The van der Waals surface area contributed by atoms with Crippen LogP contribution < -0.4 is 34.3 Å². The molecule has 2 heterocycles. The molecule has 0 spiro atoms. The molecular weight excluding hydrogens is 414 g/mol. The predicted molar refractivity (Wildman–Crippen MR) is 97.3 cm³/mol. The number of aromatic carboxylic acids is 1. The molecule has 7 nitrogen and oxygen atoms in total. The molecule has 0 aliphatic heterocycles. The van der Waals surface area contributed by atoms with E-state index in [-0.39, 0.29) is 51.9 Å². The van der Waals surface area contributed by atoms with Crippen LogP contribution in [-0.4, -0.2) is 38.6 Å². The third-order valence-corrected chi connectivity index (χ3v) is 4.31. The zero-order valence-corrected chi connectivity index (χ0v) is 17.8. The van der Waals surface area contributed by atoms with Gasteiger partial charge in [-0.25, -0.2) is 14.8 Å². The first-order valence-corrected chi connectivity index (χ1v) is 8.06. The number of H-pyrrole nitrogens is 1. The minimum Gasteiger partial charge on any atom is -0.870 e. The second-order valence-electron chi connectivity index (χ2n) is 6.03. The van der Waals surface area contributed by atoms with Crippen LogP contribution in [0, 0.1) is 0 Å².